The van der Waals surface area contributed by atoms with Gasteiger partial charge in [0.15, 0.2) is 0 Å². The van der Waals surface area contributed by atoms with Gasteiger partial charge in [-0.1, -0.05) is 18.2 Å². The summed E-state index contributed by atoms with van der Waals surface area (Å²) in [5.74, 6) is 0.360. The summed E-state index contributed by atoms with van der Waals surface area (Å²) in [7, 11) is 0. The van der Waals surface area contributed by atoms with Gasteiger partial charge < -0.3 is 9.88 Å². The third-order valence-electron chi connectivity index (χ3n) is 2.70. The number of halogens is 3. The molecule has 0 aliphatic heterocycles. The minimum absolute atomic E-state index is 0.0177. The van der Waals surface area contributed by atoms with Crippen LogP contribution in [-0.4, -0.2) is 9.55 Å². The van der Waals surface area contributed by atoms with Gasteiger partial charge in [0, 0.05) is 12.7 Å². The largest absolute Gasteiger partial charge is 0.418 e. The topological polar surface area (TPSA) is 29.9 Å². The Morgan fingerprint density at radius 2 is 2.05 bits per heavy atom. The van der Waals surface area contributed by atoms with Crippen LogP contribution < -0.4 is 5.32 Å². The quantitative estimate of drug-likeness (QED) is 0.854. The van der Waals surface area contributed by atoms with Crippen molar-refractivity contribution in [2.24, 2.45) is 0 Å². The van der Waals surface area contributed by atoms with Crippen molar-refractivity contribution < 1.29 is 13.2 Å². The lowest BCUT2D eigenvalue weighted by molar-refractivity contribution is -0.136. The van der Waals surface area contributed by atoms with E-state index in [1.165, 1.54) is 12.1 Å². The summed E-state index contributed by atoms with van der Waals surface area (Å²) in [6, 6.07) is 5.32. The Balaban J connectivity index is 2.38. The zero-order valence-corrected chi connectivity index (χ0v) is 10.9. The van der Waals surface area contributed by atoms with Crippen molar-refractivity contribution in [3.8, 4) is 0 Å². The van der Waals surface area contributed by atoms with E-state index in [-0.39, 0.29) is 5.69 Å². The van der Waals surface area contributed by atoms with Crippen LogP contribution in [0.3, 0.4) is 0 Å². The molecule has 0 amide bonds. The monoisotopic (exact) mass is 281 g/mol. The molecule has 2 aromatic rings. The van der Waals surface area contributed by atoms with Gasteiger partial charge in [0.05, 0.1) is 16.9 Å². The summed E-state index contributed by atoms with van der Waals surface area (Å²) < 4.78 is 40.5. The summed E-state index contributed by atoms with van der Waals surface area (Å²) in [6.07, 6.45) is -1.00. The number of alkyl halides is 3. The minimum atomic E-state index is -4.41. The number of benzene rings is 1. The molecule has 1 aromatic heterocycles. The molecule has 1 aromatic carbocycles. The molecule has 3 nitrogen and oxygen atoms in total. The smallest absolute Gasteiger partial charge is 0.325 e. The Bertz CT molecular complexity index is 614. The molecule has 20 heavy (non-hydrogen) atoms. The van der Waals surface area contributed by atoms with Gasteiger partial charge in [-0.05, 0) is 19.1 Å². The predicted molar refractivity (Wildman–Crippen MR) is 71.9 cm³/mol. The van der Waals surface area contributed by atoms with E-state index in [4.69, 9.17) is 0 Å². The van der Waals surface area contributed by atoms with Crippen molar-refractivity contribution in [2.75, 3.05) is 5.32 Å². The molecule has 0 unspecified atom stereocenters. The third kappa shape index (κ3) is 3.01. The van der Waals surface area contributed by atoms with Gasteiger partial charge in [-0.2, -0.15) is 13.2 Å². The molecule has 106 valence electrons. The van der Waals surface area contributed by atoms with Gasteiger partial charge in [0.25, 0.3) is 0 Å². The van der Waals surface area contributed by atoms with Crippen LogP contribution >= 0.6 is 0 Å². The average Bonchev–Trinajstić information content (AvgIpc) is 2.69. The molecule has 0 saturated carbocycles. The van der Waals surface area contributed by atoms with Crippen molar-refractivity contribution in [3.05, 3.63) is 54.4 Å². The molecule has 0 atom stereocenters. The molecule has 0 aliphatic carbocycles. The number of hydrogen-bond donors (Lipinski definition) is 1. The van der Waals surface area contributed by atoms with Crippen LogP contribution in [-0.2, 0) is 12.7 Å². The molecule has 0 fully saturated rings. The maximum atomic E-state index is 12.9. The summed E-state index contributed by atoms with van der Waals surface area (Å²) in [5, 5.41) is 2.74. The van der Waals surface area contributed by atoms with Gasteiger partial charge >= 0.3 is 6.18 Å². The molecule has 0 saturated heterocycles. The molecule has 1 N–H and O–H groups in total. The van der Waals surface area contributed by atoms with E-state index < -0.39 is 11.7 Å². The van der Waals surface area contributed by atoms with E-state index in [1.54, 1.807) is 29.8 Å². The summed E-state index contributed by atoms with van der Waals surface area (Å²) in [5.41, 5.74) is -0.0134. The van der Waals surface area contributed by atoms with Crippen molar-refractivity contribution in [1.82, 2.24) is 9.55 Å². The molecule has 0 radical (unpaired) electrons. The van der Waals surface area contributed by atoms with Crippen LogP contribution in [0.5, 0.6) is 0 Å². The first-order valence-corrected chi connectivity index (χ1v) is 5.99. The Labute approximate surface area is 114 Å². The molecule has 6 heteroatoms. The number of aromatic nitrogens is 2. The lowest BCUT2D eigenvalue weighted by Gasteiger charge is -2.14. The molecule has 0 bridgehead atoms. The lowest BCUT2D eigenvalue weighted by atomic mass is 10.1. The first-order valence-electron chi connectivity index (χ1n) is 5.99. The first kappa shape index (κ1) is 14.2. The van der Waals surface area contributed by atoms with Crippen LogP contribution in [0, 0.1) is 6.92 Å². The number of anilines is 2. The zero-order chi connectivity index (χ0) is 14.8. The van der Waals surface area contributed by atoms with E-state index >= 15 is 0 Å². The summed E-state index contributed by atoms with van der Waals surface area (Å²) in [6.45, 7) is 5.86. The van der Waals surface area contributed by atoms with Gasteiger partial charge in [-0.25, -0.2) is 4.98 Å². The zero-order valence-electron chi connectivity index (χ0n) is 10.9. The van der Waals surface area contributed by atoms with Crippen LogP contribution in [0.1, 0.15) is 11.3 Å². The fraction of sp³-hybridized carbons (Fsp3) is 0.214. The lowest BCUT2D eigenvalue weighted by Crippen LogP contribution is -2.10. The SMILES string of the molecule is C=CCn1cc(C)nc1Nc1ccccc1C(F)(F)F. The maximum absolute atomic E-state index is 12.9. The number of imidazole rings is 1. The first-order chi connectivity index (χ1) is 9.41. The Hall–Kier alpha value is -2.24. The summed E-state index contributed by atoms with van der Waals surface area (Å²) in [4.78, 5) is 4.18. The summed E-state index contributed by atoms with van der Waals surface area (Å²) >= 11 is 0. The Morgan fingerprint density at radius 3 is 2.70 bits per heavy atom. The van der Waals surface area contributed by atoms with Gasteiger partial charge in [-0.3, -0.25) is 0 Å². The molecule has 1 heterocycles. The highest BCUT2D eigenvalue weighted by atomic mass is 19.4. The van der Waals surface area contributed by atoms with Crippen LogP contribution in [0.4, 0.5) is 24.8 Å². The van der Waals surface area contributed by atoms with Gasteiger partial charge in [0.2, 0.25) is 5.95 Å². The number of hydrogen-bond acceptors (Lipinski definition) is 2. The third-order valence-corrected chi connectivity index (χ3v) is 2.70. The standard InChI is InChI=1S/C14H14F3N3/c1-3-8-20-9-10(2)18-13(20)19-12-7-5-4-6-11(12)14(15,16)17/h3-7,9H,1,8H2,2H3,(H,18,19). The maximum Gasteiger partial charge on any atom is 0.418 e. The van der Waals surface area contributed by atoms with E-state index in [9.17, 15) is 13.2 Å². The molecule has 0 aliphatic rings. The van der Waals surface area contributed by atoms with Gasteiger partial charge in [-0.15, -0.1) is 6.58 Å². The van der Waals surface area contributed by atoms with Crippen molar-refractivity contribution >= 4 is 11.6 Å². The Morgan fingerprint density at radius 1 is 1.35 bits per heavy atom. The number of rotatable bonds is 4. The highest BCUT2D eigenvalue weighted by Crippen LogP contribution is 2.35. The fourth-order valence-electron chi connectivity index (χ4n) is 1.88. The normalized spacial score (nSPS) is 11.4. The average molecular weight is 281 g/mol. The highest BCUT2D eigenvalue weighted by Gasteiger charge is 2.33. The van der Waals surface area contributed by atoms with E-state index in [0.29, 0.717) is 12.5 Å². The highest BCUT2D eigenvalue weighted by molar-refractivity contribution is 5.60. The van der Waals surface area contributed by atoms with Crippen LogP contribution in [0.25, 0.3) is 0 Å². The number of aryl methyl sites for hydroxylation is 1. The van der Waals surface area contributed by atoms with E-state index in [2.05, 4.69) is 16.9 Å². The van der Waals surface area contributed by atoms with E-state index in [1.807, 2.05) is 0 Å². The van der Waals surface area contributed by atoms with Crippen molar-refractivity contribution in [3.63, 3.8) is 0 Å². The predicted octanol–water partition coefficient (Wildman–Crippen LogP) is 4.14. The second kappa shape index (κ2) is 5.40. The van der Waals surface area contributed by atoms with Crippen LogP contribution in [0.2, 0.25) is 0 Å². The second-order valence-corrected chi connectivity index (χ2v) is 4.32. The number of nitrogens with zero attached hydrogens (tertiary/aromatic N) is 2. The number of para-hydroxylation sites is 1. The van der Waals surface area contributed by atoms with Gasteiger partial charge in [0.1, 0.15) is 0 Å². The van der Waals surface area contributed by atoms with Crippen molar-refractivity contribution in [1.29, 1.82) is 0 Å². The van der Waals surface area contributed by atoms with E-state index in [0.717, 1.165) is 11.8 Å². The minimum Gasteiger partial charge on any atom is -0.325 e. The molecular formula is C14H14F3N3. The van der Waals surface area contributed by atoms with Crippen LogP contribution in [0.15, 0.2) is 43.1 Å². The molecule has 0 spiro atoms. The van der Waals surface area contributed by atoms with Crippen molar-refractivity contribution in [2.45, 2.75) is 19.6 Å². The molecular weight excluding hydrogens is 267 g/mol. The number of allylic oxidation sites excluding steroid dienone is 1. The Kier molecular flexibility index (Phi) is 3.83. The molecule has 2 rings (SSSR count). The fourth-order valence-corrected chi connectivity index (χ4v) is 1.88. The number of nitrogens with one attached hydrogen (secondary N) is 1. The second-order valence-electron chi connectivity index (χ2n) is 4.32.